The Kier molecular flexibility index (Phi) is 4.19. The predicted octanol–water partition coefficient (Wildman–Crippen LogP) is 2.28. The number of aromatic nitrogens is 1. The Morgan fingerprint density at radius 2 is 2.31 bits per heavy atom. The summed E-state index contributed by atoms with van der Waals surface area (Å²) in [7, 11) is 0. The normalized spacial score (nSPS) is 12.8. The molecule has 0 aromatic carbocycles. The van der Waals surface area contributed by atoms with Gasteiger partial charge in [-0.25, -0.2) is 0 Å². The van der Waals surface area contributed by atoms with Crippen LogP contribution in [0, 0.1) is 0 Å². The van der Waals surface area contributed by atoms with E-state index in [0.29, 0.717) is 11.1 Å². The minimum atomic E-state index is 0.471. The van der Waals surface area contributed by atoms with Gasteiger partial charge < -0.3 is 5.32 Å². The molecular weight excluding hydrogens is 184 g/mol. The largest absolute Gasteiger partial charge is 0.314 e. The van der Waals surface area contributed by atoms with Crippen LogP contribution >= 0.6 is 11.6 Å². The summed E-state index contributed by atoms with van der Waals surface area (Å²) >= 11 is 5.73. The van der Waals surface area contributed by atoms with Crippen molar-refractivity contribution in [2.75, 3.05) is 6.54 Å². The molecule has 0 saturated carbocycles. The van der Waals surface area contributed by atoms with Crippen LogP contribution in [0.1, 0.15) is 19.5 Å². The average molecular weight is 199 g/mol. The zero-order valence-corrected chi connectivity index (χ0v) is 8.80. The van der Waals surface area contributed by atoms with Crippen LogP contribution < -0.4 is 5.32 Å². The van der Waals surface area contributed by atoms with Crippen molar-refractivity contribution in [3.05, 3.63) is 29.0 Å². The number of nitrogens with zero attached hydrogens (tertiary/aromatic N) is 1. The van der Waals surface area contributed by atoms with E-state index in [-0.39, 0.29) is 0 Å². The van der Waals surface area contributed by atoms with Gasteiger partial charge >= 0.3 is 0 Å². The summed E-state index contributed by atoms with van der Waals surface area (Å²) in [5, 5.41) is 4.03. The van der Waals surface area contributed by atoms with E-state index >= 15 is 0 Å². The summed E-state index contributed by atoms with van der Waals surface area (Å²) in [5.74, 6) is 0. The Labute approximate surface area is 84.3 Å². The topological polar surface area (TPSA) is 24.9 Å². The molecule has 72 valence electrons. The molecule has 3 heteroatoms. The molecule has 0 aliphatic carbocycles. The van der Waals surface area contributed by atoms with E-state index < -0.39 is 0 Å². The first-order valence-electron chi connectivity index (χ1n) is 4.56. The molecule has 1 aromatic heterocycles. The van der Waals surface area contributed by atoms with E-state index in [2.05, 4.69) is 24.1 Å². The van der Waals surface area contributed by atoms with Crippen LogP contribution in [-0.2, 0) is 6.42 Å². The number of hydrogen-bond acceptors (Lipinski definition) is 2. The van der Waals surface area contributed by atoms with Crippen LogP contribution in [-0.4, -0.2) is 17.6 Å². The third-order valence-corrected chi connectivity index (χ3v) is 2.08. The monoisotopic (exact) mass is 198 g/mol. The van der Waals surface area contributed by atoms with Crippen molar-refractivity contribution in [1.29, 1.82) is 0 Å². The fourth-order valence-corrected chi connectivity index (χ4v) is 1.37. The third-order valence-electron chi connectivity index (χ3n) is 1.86. The number of likely N-dealkylation sites (N-methyl/N-ethyl adjacent to an activating group) is 1. The van der Waals surface area contributed by atoms with Gasteiger partial charge in [0.15, 0.2) is 0 Å². The lowest BCUT2D eigenvalue weighted by Gasteiger charge is -2.10. The van der Waals surface area contributed by atoms with Crippen LogP contribution in [0.4, 0.5) is 0 Å². The van der Waals surface area contributed by atoms with Gasteiger partial charge in [-0.2, -0.15) is 0 Å². The second-order valence-corrected chi connectivity index (χ2v) is 3.57. The van der Waals surface area contributed by atoms with Crippen molar-refractivity contribution in [3.8, 4) is 0 Å². The Morgan fingerprint density at radius 3 is 2.85 bits per heavy atom. The average Bonchev–Trinajstić information content (AvgIpc) is 2.09. The Bertz CT molecular complexity index is 246. The van der Waals surface area contributed by atoms with Crippen LogP contribution in [0.25, 0.3) is 0 Å². The summed E-state index contributed by atoms with van der Waals surface area (Å²) in [5.41, 5.74) is 1.08. The number of rotatable bonds is 4. The van der Waals surface area contributed by atoms with Crippen molar-refractivity contribution in [2.45, 2.75) is 26.3 Å². The summed E-state index contributed by atoms with van der Waals surface area (Å²) in [4.78, 5) is 4.23. The molecule has 1 unspecified atom stereocenters. The first-order chi connectivity index (χ1) is 6.22. The molecule has 1 atom stereocenters. The van der Waals surface area contributed by atoms with Gasteiger partial charge in [0, 0.05) is 24.4 Å². The lowest BCUT2D eigenvalue weighted by molar-refractivity contribution is 0.559. The minimum absolute atomic E-state index is 0.471. The molecule has 0 spiro atoms. The van der Waals surface area contributed by atoms with Crippen molar-refractivity contribution >= 4 is 11.6 Å². The van der Waals surface area contributed by atoms with E-state index in [1.54, 1.807) is 6.20 Å². The first kappa shape index (κ1) is 10.5. The molecule has 0 aliphatic heterocycles. The summed E-state index contributed by atoms with van der Waals surface area (Å²) in [6.45, 7) is 5.25. The maximum absolute atomic E-state index is 5.73. The van der Waals surface area contributed by atoms with Crippen molar-refractivity contribution < 1.29 is 0 Å². The van der Waals surface area contributed by atoms with Crippen LogP contribution in [0.2, 0.25) is 5.02 Å². The number of pyridine rings is 1. The van der Waals surface area contributed by atoms with E-state index in [1.807, 2.05) is 12.1 Å². The zero-order valence-electron chi connectivity index (χ0n) is 8.05. The summed E-state index contributed by atoms with van der Waals surface area (Å²) in [6, 6.07) is 4.32. The highest BCUT2D eigenvalue weighted by molar-refractivity contribution is 6.30. The van der Waals surface area contributed by atoms with Gasteiger partial charge in [0.2, 0.25) is 0 Å². The van der Waals surface area contributed by atoms with E-state index in [9.17, 15) is 0 Å². The van der Waals surface area contributed by atoms with E-state index in [4.69, 9.17) is 11.6 Å². The van der Waals surface area contributed by atoms with Crippen molar-refractivity contribution in [3.63, 3.8) is 0 Å². The minimum Gasteiger partial charge on any atom is -0.314 e. The fourth-order valence-electron chi connectivity index (χ4n) is 1.26. The molecule has 1 heterocycles. The van der Waals surface area contributed by atoms with Crippen molar-refractivity contribution in [2.24, 2.45) is 0 Å². The molecule has 0 saturated heterocycles. The maximum atomic E-state index is 5.73. The van der Waals surface area contributed by atoms with Gasteiger partial charge in [0.25, 0.3) is 0 Å². The molecule has 13 heavy (non-hydrogen) atoms. The van der Waals surface area contributed by atoms with Gasteiger partial charge in [0.1, 0.15) is 0 Å². The fraction of sp³-hybridized carbons (Fsp3) is 0.500. The van der Waals surface area contributed by atoms with Crippen molar-refractivity contribution in [1.82, 2.24) is 10.3 Å². The molecule has 1 N–H and O–H groups in total. The Morgan fingerprint density at radius 1 is 1.54 bits per heavy atom. The zero-order chi connectivity index (χ0) is 9.68. The highest BCUT2D eigenvalue weighted by Gasteiger charge is 2.01. The standard InChI is InChI=1S/C10H15ClN2/c1-3-12-8(2)6-10-5-4-9(11)7-13-10/h4-5,7-8,12H,3,6H2,1-2H3. The molecule has 1 aromatic rings. The molecular formula is C10H15ClN2. The Balaban J connectivity index is 2.49. The SMILES string of the molecule is CCNC(C)Cc1ccc(Cl)cn1. The lowest BCUT2D eigenvalue weighted by Crippen LogP contribution is -2.27. The van der Waals surface area contributed by atoms with Crippen LogP contribution in [0.5, 0.6) is 0 Å². The third kappa shape index (κ3) is 3.75. The quantitative estimate of drug-likeness (QED) is 0.803. The second kappa shape index (κ2) is 5.20. The van der Waals surface area contributed by atoms with Gasteiger partial charge in [0.05, 0.1) is 5.02 Å². The van der Waals surface area contributed by atoms with Gasteiger partial charge in [-0.15, -0.1) is 0 Å². The lowest BCUT2D eigenvalue weighted by atomic mass is 10.1. The molecule has 2 nitrogen and oxygen atoms in total. The number of hydrogen-bond donors (Lipinski definition) is 1. The molecule has 0 amide bonds. The molecule has 0 bridgehead atoms. The second-order valence-electron chi connectivity index (χ2n) is 3.13. The first-order valence-corrected chi connectivity index (χ1v) is 4.94. The predicted molar refractivity (Wildman–Crippen MR) is 56.1 cm³/mol. The van der Waals surface area contributed by atoms with E-state index in [1.165, 1.54) is 0 Å². The van der Waals surface area contributed by atoms with Gasteiger partial charge in [-0.3, -0.25) is 4.98 Å². The molecule has 0 aliphatic rings. The molecule has 0 fully saturated rings. The summed E-state index contributed by atoms with van der Waals surface area (Å²) < 4.78 is 0. The highest BCUT2D eigenvalue weighted by Crippen LogP contribution is 2.07. The smallest absolute Gasteiger partial charge is 0.0589 e. The maximum Gasteiger partial charge on any atom is 0.0589 e. The van der Waals surface area contributed by atoms with E-state index in [0.717, 1.165) is 18.7 Å². The summed E-state index contributed by atoms with van der Waals surface area (Å²) in [6.07, 6.45) is 2.64. The van der Waals surface area contributed by atoms with Gasteiger partial charge in [-0.1, -0.05) is 18.5 Å². The Hall–Kier alpha value is -0.600. The van der Waals surface area contributed by atoms with Gasteiger partial charge in [-0.05, 0) is 25.6 Å². The number of nitrogens with one attached hydrogen (secondary N) is 1. The molecule has 1 rings (SSSR count). The molecule has 0 radical (unpaired) electrons. The number of halogens is 1. The van der Waals surface area contributed by atoms with Crippen LogP contribution in [0.3, 0.4) is 0 Å². The van der Waals surface area contributed by atoms with Crippen LogP contribution in [0.15, 0.2) is 18.3 Å². The highest BCUT2D eigenvalue weighted by atomic mass is 35.5.